The fourth-order valence-corrected chi connectivity index (χ4v) is 4.97. The number of methoxy groups -OCH3 is 1. The highest BCUT2D eigenvalue weighted by Crippen LogP contribution is 2.45. The van der Waals surface area contributed by atoms with Crippen LogP contribution in [0.25, 0.3) is 0 Å². The van der Waals surface area contributed by atoms with E-state index >= 15 is 0 Å². The molecule has 0 aliphatic carbocycles. The molecule has 2 aliphatic heterocycles. The molecule has 1 N–H and O–H groups in total. The van der Waals surface area contributed by atoms with E-state index in [2.05, 4.69) is 4.90 Å². The van der Waals surface area contributed by atoms with Gasteiger partial charge in [0.05, 0.1) is 25.4 Å². The summed E-state index contributed by atoms with van der Waals surface area (Å²) in [5.41, 5.74) is 1.25. The molecule has 12 heteroatoms. The molecule has 3 rings (SSSR count). The third kappa shape index (κ3) is 6.43. The summed E-state index contributed by atoms with van der Waals surface area (Å²) < 4.78 is 67.8. The number of carbonyl (C=O) groups is 1. The summed E-state index contributed by atoms with van der Waals surface area (Å²) in [6.45, 7) is 4.74. The van der Waals surface area contributed by atoms with Crippen LogP contribution >= 0.6 is 0 Å². The van der Waals surface area contributed by atoms with Crippen molar-refractivity contribution in [2.24, 2.45) is 11.3 Å². The Morgan fingerprint density at radius 2 is 1.97 bits per heavy atom. The third-order valence-electron chi connectivity index (χ3n) is 5.70. The number of carboxylic acids is 1. The molecule has 1 aromatic heterocycles. The van der Waals surface area contributed by atoms with E-state index in [9.17, 15) is 21.6 Å². The van der Waals surface area contributed by atoms with E-state index in [0.29, 0.717) is 25.6 Å². The number of carboxylic acid groups (broad SMARTS) is 1. The van der Waals surface area contributed by atoms with Crippen molar-refractivity contribution in [3.8, 4) is 0 Å². The van der Waals surface area contributed by atoms with Crippen molar-refractivity contribution in [1.29, 1.82) is 0 Å². The van der Waals surface area contributed by atoms with Crippen LogP contribution < -0.4 is 0 Å². The number of halogens is 3. The van der Waals surface area contributed by atoms with Crippen LogP contribution in [0.2, 0.25) is 0 Å². The molecular weight excluding hydrogens is 429 g/mol. The van der Waals surface area contributed by atoms with E-state index in [1.54, 1.807) is 23.9 Å². The Hall–Kier alpha value is -1.63. The number of rotatable bonds is 5. The number of hydrogen-bond donors (Lipinski definition) is 1. The lowest BCUT2D eigenvalue weighted by molar-refractivity contribution is -0.192. The van der Waals surface area contributed by atoms with Gasteiger partial charge in [-0.3, -0.25) is 4.90 Å². The van der Waals surface area contributed by atoms with Gasteiger partial charge in [-0.25, -0.2) is 17.5 Å². The predicted molar refractivity (Wildman–Crippen MR) is 101 cm³/mol. The van der Waals surface area contributed by atoms with Crippen LogP contribution in [0, 0.1) is 11.3 Å². The van der Waals surface area contributed by atoms with Crippen molar-refractivity contribution < 1.29 is 40.6 Å². The fourth-order valence-electron chi connectivity index (χ4n) is 4.03. The lowest BCUT2D eigenvalue weighted by Gasteiger charge is -2.42. The second kappa shape index (κ2) is 9.67. The van der Waals surface area contributed by atoms with Crippen LogP contribution in [0.4, 0.5) is 13.2 Å². The first kappa shape index (κ1) is 24.6. The average molecular weight is 456 g/mol. The number of nitrogens with zero attached hydrogens (tertiary/aromatic N) is 2. The van der Waals surface area contributed by atoms with Crippen LogP contribution in [0.3, 0.4) is 0 Å². The van der Waals surface area contributed by atoms with Gasteiger partial charge in [-0.1, -0.05) is 0 Å². The zero-order chi connectivity index (χ0) is 22.6. The van der Waals surface area contributed by atoms with Gasteiger partial charge in [0.1, 0.15) is 0 Å². The van der Waals surface area contributed by atoms with Gasteiger partial charge in [-0.05, 0) is 37.4 Å². The average Bonchev–Trinajstić information content (AvgIpc) is 3.26. The Labute approximate surface area is 173 Å². The van der Waals surface area contributed by atoms with Crippen molar-refractivity contribution in [2.75, 3.05) is 46.2 Å². The maximum atomic E-state index is 11.9. The molecule has 0 bridgehead atoms. The minimum absolute atomic E-state index is 0.0615. The lowest BCUT2D eigenvalue weighted by atomic mass is 9.71. The summed E-state index contributed by atoms with van der Waals surface area (Å²) in [5.74, 6) is -2.47. The van der Waals surface area contributed by atoms with Crippen molar-refractivity contribution >= 4 is 16.0 Å². The second-order valence-corrected chi connectivity index (χ2v) is 9.76. The fraction of sp³-hybridized carbons (Fsp3) is 0.722. The Morgan fingerprint density at radius 1 is 1.37 bits per heavy atom. The van der Waals surface area contributed by atoms with Crippen molar-refractivity contribution in [2.45, 2.75) is 25.6 Å². The van der Waals surface area contributed by atoms with E-state index in [1.165, 1.54) is 11.8 Å². The van der Waals surface area contributed by atoms with Gasteiger partial charge in [0.2, 0.25) is 10.0 Å². The van der Waals surface area contributed by atoms with E-state index in [4.69, 9.17) is 19.1 Å². The maximum Gasteiger partial charge on any atom is 0.490 e. The Balaban J connectivity index is 0.000000396. The highest BCUT2D eigenvalue weighted by Gasteiger charge is 2.50. The molecule has 2 fully saturated rings. The molecule has 8 nitrogen and oxygen atoms in total. The van der Waals surface area contributed by atoms with Crippen molar-refractivity contribution in [3.63, 3.8) is 0 Å². The molecule has 30 heavy (non-hydrogen) atoms. The highest BCUT2D eigenvalue weighted by atomic mass is 32.2. The number of piperidine rings is 1. The van der Waals surface area contributed by atoms with Crippen LogP contribution in [0.15, 0.2) is 23.0 Å². The number of sulfonamides is 1. The van der Waals surface area contributed by atoms with Crippen LogP contribution in [-0.4, -0.2) is 81.0 Å². The van der Waals surface area contributed by atoms with Crippen LogP contribution in [-0.2, 0) is 26.1 Å². The first-order valence-electron chi connectivity index (χ1n) is 9.35. The van der Waals surface area contributed by atoms with Gasteiger partial charge in [-0.15, -0.1) is 0 Å². The smallest absolute Gasteiger partial charge is 0.475 e. The second-order valence-electron chi connectivity index (χ2n) is 7.78. The summed E-state index contributed by atoms with van der Waals surface area (Å²) in [6.07, 6.45) is 1.76. The summed E-state index contributed by atoms with van der Waals surface area (Å²) >= 11 is 0. The predicted octanol–water partition coefficient (Wildman–Crippen LogP) is 2.03. The van der Waals surface area contributed by atoms with Gasteiger partial charge < -0.3 is 14.3 Å². The van der Waals surface area contributed by atoms with Crippen molar-refractivity contribution in [3.05, 3.63) is 24.2 Å². The van der Waals surface area contributed by atoms with E-state index in [0.717, 1.165) is 32.5 Å². The molecule has 0 saturated carbocycles. The SMILES string of the molecule is COCC1CN(S(C)(=O)=O)CC12CCN(Cc1ccoc1)CC2.O=C(O)C(F)(F)F. The Morgan fingerprint density at radius 3 is 2.40 bits per heavy atom. The minimum Gasteiger partial charge on any atom is -0.475 e. The quantitative estimate of drug-likeness (QED) is 0.724. The molecule has 0 aromatic carbocycles. The van der Waals surface area contributed by atoms with E-state index < -0.39 is 22.2 Å². The first-order chi connectivity index (χ1) is 13.9. The number of ether oxygens (including phenoxy) is 1. The molecule has 2 saturated heterocycles. The summed E-state index contributed by atoms with van der Waals surface area (Å²) in [5, 5.41) is 7.12. The van der Waals surface area contributed by atoms with Crippen LogP contribution in [0.5, 0.6) is 0 Å². The lowest BCUT2D eigenvalue weighted by Crippen LogP contribution is -2.45. The Bertz CT molecular complexity index is 789. The normalized spacial score (nSPS) is 22.6. The highest BCUT2D eigenvalue weighted by molar-refractivity contribution is 7.88. The number of aliphatic carboxylic acids is 1. The zero-order valence-corrected chi connectivity index (χ0v) is 17.7. The summed E-state index contributed by atoms with van der Waals surface area (Å²) in [4.78, 5) is 11.3. The first-order valence-corrected chi connectivity index (χ1v) is 11.2. The van der Waals surface area contributed by atoms with Gasteiger partial charge in [-0.2, -0.15) is 13.2 Å². The largest absolute Gasteiger partial charge is 0.490 e. The van der Waals surface area contributed by atoms with Gasteiger partial charge in [0, 0.05) is 38.2 Å². The molecule has 0 amide bonds. The zero-order valence-electron chi connectivity index (χ0n) is 16.9. The summed E-state index contributed by atoms with van der Waals surface area (Å²) in [6, 6.07) is 2.00. The van der Waals surface area contributed by atoms with E-state index in [1.807, 2.05) is 6.07 Å². The maximum absolute atomic E-state index is 11.9. The monoisotopic (exact) mass is 456 g/mol. The van der Waals surface area contributed by atoms with Crippen molar-refractivity contribution in [1.82, 2.24) is 9.21 Å². The molecule has 1 unspecified atom stereocenters. The summed E-state index contributed by atoms with van der Waals surface area (Å²) in [7, 11) is -1.43. The number of alkyl halides is 3. The molecule has 1 atom stereocenters. The van der Waals surface area contributed by atoms with Crippen LogP contribution in [0.1, 0.15) is 18.4 Å². The topological polar surface area (TPSA) is 100 Å². The van der Waals surface area contributed by atoms with Gasteiger partial charge in [0.25, 0.3) is 0 Å². The molecule has 172 valence electrons. The third-order valence-corrected chi connectivity index (χ3v) is 6.91. The Kier molecular flexibility index (Phi) is 7.94. The number of likely N-dealkylation sites (tertiary alicyclic amines) is 1. The minimum atomic E-state index is -5.08. The number of furan rings is 1. The molecule has 3 heterocycles. The molecule has 0 radical (unpaired) electrons. The van der Waals surface area contributed by atoms with E-state index in [-0.39, 0.29) is 5.41 Å². The van der Waals surface area contributed by atoms with Gasteiger partial charge in [0.15, 0.2) is 0 Å². The number of hydrogen-bond acceptors (Lipinski definition) is 6. The molecule has 1 spiro atoms. The molecule has 1 aromatic rings. The molecule has 2 aliphatic rings. The molecular formula is C18H27F3N2O6S. The standard InChI is InChI=1S/C16H26N2O4S.C2HF3O2/c1-21-12-15-10-18(23(2,19)20)13-16(15)4-6-17(7-5-16)9-14-3-8-22-11-14;3-2(4,5)1(6)7/h3,8,11,15H,4-7,9-10,12-13H2,1-2H3;(H,6,7). The van der Waals surface area contributed by atoms with Gasteiger partial charge >= 0.3 is 12.1 Å².